The molecule has 74 valence electrons. The van der Waals surface area contributed by atoms with Crippen LogP contribution < -0.4 is 0 Å². The molecule has 0 aromatic carbocycles. The van der Waals surface area contributed by atoms with Gasteiger partial charge in [-0.05, 0) is 36.5 Å². The SMILES string of the molecule is CCC1C2CC3C1CS(=O)(=O)C3C2. The molecule has 2 saturated carbocycles. The number of hydrogen-bond donors (Lipinski definition) is 0. The van der Waals surface area contributed by atoms with Crippen molar-refractivity contribution in [3.63, 3.8) is 0 Å². The molecule has 5 atom stereocenters. The van der Waals surface area contributed by atoms with E-state index in [-0.39, 0.29) is 5.25 Å². The standard InChI is InChI=1S/C10H16O2S/c1-2-7-6-3-8-9(7)5-13(11,12)10(8)4-6/h6-10H,2-5H2,1H3. The van der Waals surface area contributed by atoms with Gasteiger partial charge in [-0.1, -0.05) is 13.3 Å². The van der Waals surface area contributed by atoms with Crippen LogP contribution in [0.3, 0.4) is 0 Å². The van der Waals surface area contributed by atoms with Crippen LogP contribution in [-0.2, 0) is 9.84 Å². The molecule has 2 bridgehead atoms. The van der Waals surface area contributed by atoms with Crippen molar-refractivity contribution in [3.05, 3.63) is 0 Å². The molecule has 3 heteroatoms. The van der Waals surface area contributed by atoms with Gasteiger partial charge in [0.1, 0.15) is 0 Å². The highest BCUT2D eigenvalue weighted by Gasteiger charge is 2.61. The Morgan fingerprint density at radius 1 is 1.23 bits per heavy atom. The van der Waals surface area contributed by atoms with Crippen LogP contribution in [0.25, 0.3) is 0 Å². The van der Waals surface area contributed by atoms with Crippen LogP contribution in [0, 0.1) is 23.7 Å². The third-order valence-corrected chi connectivity index (χ3v) is 6.96. The first-order valence-corrected chi connectivity index (χ1v) is 7.06. The van der Waals surface area contributed by atoms with Crippen LogP contribution in [0.1, 0.15) is 26.2 Å². The lowest BCUT2D eigenvalue weighted by Crippen LogP contribution is -2.24. The number of hydrogen-bond acceptors (Lipinski definition) is 2. The van der Waals surface area contributed by atoms with Crippen LogP contribution >= 0.6 is 0 Å². The monoisotopic (exact) mass is 200 g/mol. The number of rotatable bonds is 1. The second kappa shape index (κ2) is 2.30. The molecule has 3 fully saturated rings. The van der Waals surface area contributed by atoms with Crippen molar-refractivity contribution in [1.82, 2.24) is 0 Å². The molecule has 0 spiro atoms. The van der Waals surface area contributed by atoms with E-state index in [9.17, 15) is 8.42 Å². The maximum absolute atomic E-state index is 11.7. The fourth-order valence-corrected chi connectivity index (χ4v) is 6.89. The summed E-state index contributed by atoms with van der Waals surface area (Å²) >= 11 is 0. The molecule has 2 aliphatic carbocycles. The molecule has 5 unspecified atom stereocenters. The highest BCUT2D eigenvalue weighted by molar-refractivity contribution is 7.92. The molecule has 0 aromatic rings. The first-order valence-electron chi connectivity index (χ1n) is 5.35. The van der Waals surface area contributed by atoms with E-state index in [0.29, 0.717) is 17.6 Å². The normalized spacial score (nSPS) is 55.9. The Hall–Kier alpha value is -0.0500. The molecule has 0 radical (unpaired) electrons. The Morgan fingerprint density at radius 3 is 2.69 bits per heavy atom. The minimum absolute atomic E-state index is 0.0744. The average Bonchev–Trinajstić information content (AvgIpc) is 2.62. The molecule has 2 nitrogen and oxygen atoms in total. The maximum atomic E-state index is 11.7. The van der Waals surface area contributed by atoms with Crippen LogP contribution in [0.2, 0.25) is 0 Å². The van der Waals surface area contributed by atoms with E-state index in [4.69, 9.17) is 0 Å². The summed E-state index contributed by atoms with van der Waals surface area (Å²) in [6, 6.07) is 0. The zero-order valence-electron chi connectivity index (χ0n) is 7.94. The zero-order valence-corrected chi connectivity index (χ0v) is 8.76. The predicted octanol–water partition coefficient (Wildman–Crippen LogP) is 1.47. The highest BCUT2D eigenvalue weighted by atomic mass is 32.2. The van der Waals surface area contributed by atoms with Crippen molar-refractivity contribution in [2.75, 3.05) is 5.75 Å². The van der Waals surface area contributed by atoms with Gasteiger partial charge in [0.15, 0.2) is 9.84 Å². The molecule has 3 aliphatic rings. The van der Waals surface area contributed by atoms with Crippen molar-refractivity contribution in [3.8, 4) is 0 Å². The summed E-state index contributed by atoms with van der Waals surface area (Å²) in [6.07, 6.45) is 3.39. The van der Waals surface area contributed by atoms with Crippen LogP contribution in [0.15, 0.2) is 0 Å². The van der Waals surface area contributed by atoms with Crippen LogP contribution in [0.4, 0.5) is 0 Å². The van der Waals surface area contributed by atoms with Gasteiger partial charge in [0.2, 0.25) is 0 Å². The third-order valence-electron chi connectivity index (χ3n) is 4.65. The van der Waals surface area contributed by atoms with Gasteiger partial charge in [0.25, 0.3) is 0 Å². The largest absolute Gasteiger partial charge is 0.229 e. The fourth-order valence-electron chi connectivity index (χ4n) is 4.23. The summed E-state index contributed by atoms with van der Waals surface area (Å²) in [5.41, 5.74) is 0. The Labute approximate surface area is 79.6 Å². The van der Waals surface area contributed by atoms with Gasteiger partial charge in [0, 0.05) is 0 Å². The number of sulfone groups is 1. The molecular formula is C10H16O2S. The molecule has 0 aromatic heterocycles. The van der Waals surface area contributed by atoms with Crippen molar-refractivity contribution in [2.45, 2.75) is 31.4 Å². The van der Waals surface area contributed by atoms with Gasteiger partial charge in [-0.15, -0.1) is 0 Å². The quantitative estimate of drug-likeness (QED) is 0.642. The van der Waals surface area contributed by atoms with Crippen molar-refractivity contribution < 1.29 is 8.42 Å². The minimum atomic E-state index is -2.67. The molecular weight excluding hydrogens is 184 g/mol. The molecule has 1 heterocycles. The summed E-state index contributed by atoms with van der Waals surface area (Å²) in [6.45, 7) is 2.21. The minimum Gasteiger partial charge on any atom is -0.229 e. The zero-order chi connectivity index (χ0) is 9.22. The maximum Gasteiger partial charge on any atom is 0.153 e. The average molecular weight is 200 g/mol. The van der Waals surface area contributed by atoms with Gasteiger partial charge in [-0.3, -0.25) is 0 Å². The van der Waals surface area contributed by atoms with Crippen molar-refractivity contribution in [1.29, 1.82) is 0 Å². The van der Waals surface area contributed by atoms with Crippen molar-refractivity contribution in [2.24, 2.45) is 23.7 Å². The van der Waals surface area contributed by atoms with Crippen LogP contribution in [-0.4, -0.2) is 19.4 Å². The van der Waals surface area contributed by atoms with Gasteiger partial charge in [-0.25, -0.2) is 8.42 Å². The second-order valence-corrected chi connectivity index (χ2v) is 7.26. The highest BCUT2D eigenvalue weighted by Crippen LogP contribution is 2.59. The number of fused-ring (bicyclic) bond motifs is 1. The smallest absolute Gasteiger partial charge is 0.153 e. The Kier molecular flexibility index (Phi) is 1.46. The summed E-state index contributed by atoms with van der Waals surface area (Å²) in [5.74, 6) is 3.09. The van der Waals surface area contributed by atoms with E-state index in [1.165, 1.54) is 12.8 Å². The molecule has 1 saturated heterocycles. The molecule has 0 amide bonds. The molecule has 1 aliphatic heterocycles. The van der Waals surface area contributed by atoms with Gasteiger partial charge < -0.3 is 0 Å². The molecule has 3 rings (SSSR count). The van der Waals surface area contributed by atoms with E-state index in [1.807, 2.05) is 0 Å². The molecule has 13 heavy (non-hydrogen) atoms. The Balaban J connectivity index is 2.03. The lowest BCUT2D eigenvalue weighted by Gasteiger charge is -2.25. The Bertz CT molecular complexity index is 333. The lowest BCUT2D eigenvalue weighted by atomic mass is 9.79. The fraction of sp³-hybridized carbons (Fsp3) is 1.00. The summed E-state index contributed by atoms with van der Waals surface area (Å²) in [5, 5.41) is 0.0744. The predicted molar refractivity (Wildman–Crippen MR) is 51.1 cm³/mol. The van der Waals surface area contributed by atoms with Crippen molar-refractivity contribution >= 4 is 9.84 Å². The van der Waals surface area contributed by atoms with E-state index < -0.39 is 9.84 Å². The summed E-state index contributed by atoms with van der Waals surface area (Å²) < 4.78 is 23.5. The Morgan fingerprint density at radius 2 is 2.00 bits per heavy atom. The third kappa shape index (κ3) is 0.867. The first kappa shape index (κ1) is 8.27. The van der Waals surface area contributed by atoms with Crippen LogP contribution in [0.5, 0.6) is 0 Å². The van der Waals surface area contributed by atoms with E-state index >= 15 is 0 Å². The first-order chi connectivity index (χ1) is 6.13. The van der Waals surface area contributed by atoms with E-state index in [0.717, 1.165) is 18.3 Å². The van der Waals surface area contributed by atoms with Gasteiger partial charge in [0.05, 0.1) is 11.0 Å². The second-order valence-electron chi connectivity index (χ2n) is 5.00. The lowest BCUT2D eigenvalue weighted by molar-refractivity contribution is 0.256. The summed E-state index contributed by atoms with van der Waals surface area (Å²) in [4.78, 5) is 0. The van der Waals surface area contributed by atoms with Gasteiger partial charge in [-0.2, -0.15) is 0 Å². The van der Waals surface area contributed by atoms with E-state index in [1.54, 1.807) is 0 Å². The topological polar surface area (TPSA) is 34.1 Å². The summed E-state index contributed by atoms with van der Waals surface area (Å²) in [7, 11) is -2.67. The molecule has 0 N–H and O–H groups in total. The van der Waals surface area contributed by atoms with Gasteiger partial charge >= 0.3 is 0 Å². The van der Waals surface area contributed by atoms with E-state index in [2.05, 4.69) is 6.92 Å².